The van der Waals surface area contributed by atoms with Crippen molar-refractivity contribution in [2.75, 3.05) is 6.26 Å². The predicted octanol–water partition coefficient (Wildman–Crippen LogP) is 1.56. The molecule has 70 valence electrons. The monoisotopic (exact) mass is 205 g/mol. The molecule has 0 amide bonds. The summed E-state index contributed by atoms with van der Waals surface area (Å²) >= 11 is 1.47. The van der Waals surface area contributed by atoms with Crippen molar-refractivity contribution in [3.05, 3.63) is 24.2 Å². The summed E-state index contributed by atoms with van der Waals surface area (Å²) in [6.45, 7) is 0. The average Bonchev–Trinajstić information content (AvgIpc) is 2.27. The molecule has 0 bridgehead atoms. The third-order valence-electron chi connectivity index (χ3n) is 1.81. The molecule has 0 aliphatic heterocycles. The van der Waals surface area contributed by atoms with Crippen molar-refractivity contribution in [1.82, 2.24) is 15.0 Å². The van der Waals surface area contributed by atoms with Crippen molar-refractivity contribution in [3.8, 4) is 0 Å². The standard InChI is InChI=1S/C9H7N3OS/c1-14-9-11-4-6-7(12-9)2-3-10-8(6)5-13/h2-5H,1H3. The molecule has 5 heteroatoms. The summed E-state index contributed by atoms with van der Waals surface area (Å²) in [7, 11) is 0. The molecule has 0 atom stereocenters. The molecule has 4 nitrogen and oxygen atoms in total. The van der Waals surface area contributed by atoms with Gasteiger partial charge in [-0.25, -0.2) is 9.97 Å². The maximum atomic E-state index is 10.7. The van der Waals surface area contributed by atoms with Gasteiger partial charge in [0.1, 0.15) is 5.69 Å². The Hall–Kier alpha value is -1.49. The van der Waals surface area contributed by atoms with Crippen LogP contribution in [0.15, 0.2) is 23.6 Å². The number of hydrogen-bond donors (Lipinski definition) is 0. The summed E-state index contributed by atoms with van der Waals surface area (Å²) in [6.07, 6.45) is 5.82. The minimum absolute atomic E-state index is 0.384. The summed E-state index contributed by atoms with van der Waals surface area (Å²) in [6, 6.07) is 1.77. The highest BCUT2D eigenvalue weighted by molar-refractivity contribution is 7.98. The molecule has 0 unspecified atom stereocenters. The van der Waals surface area contributed by atoms with E-state index in [-0.39, 0.29) is 0 Å². The lowest BCUT2D eigenvalue weighted by atomic mass is 10.2. The van der Waals surface area contributed by atoms with Crippen LogP contribution in [0.4, 0.5) is 0 Å². The molecular formula is C9H7N3OS. The summed E-state index contributed by atoms with van der Waals surface area (Å²) in [4.78, 5) is 22.9. The first-order valence-corrected chi connectivity index (χ1v) is 5.18. The van der Waals surface area contributed by atoms with Crippen LogP contribution in [0.25, 0.3) is 10.9 Å². The molecule has 0 aliphatic rings. The van der Waals surface area contributed by atoms with E-state index in [9.17, 15) is 4.79 Å². The second-order valence-electron chi connectivity index (χ2n) is 2.60. The van der Waals surface area contributed by atoms with Gasteiger partial charge < -0.3 is 0 Å². The number of hydrogen-bond acceptors (Lipinski definition) is 5. The first-order chi connectivity index (χ1) is 6.85. The number of thioether (sulfide) groups is 1. The maximum Gasteiger partial charge on any atom is 0.187 e. The van der Waals surface area contributed by atoms with Crippen molar-refractivity contribution in [1.29, 1.82) is 0 Å². The third-order valence-corrected chi connectivity index (χ3v) is 2.37. The van der Waals surface area contributed by atoms with E-state index in [1.807, 2.05) is 6.26 Å². The van der Waals surface area contributed by atoms with Crippen molar-refractivity contribution < 1.29 is 4.79 Å². The Bertz CT molecular complexity index is 486. The fourth-order valence-electron chi connectivity index (χ4n) is 1.15. The van der Waals surface area contributed by atoms with Crippen LogP contribution in [0.1, 0.15) is 10.5 Å². The molecular weight excluding hydrogens is 198 g/mol. The lowest BCUT2D eigenvalue weighted by Gasteiger charge is -1.99. The van der Waals surface area contributed by atoms with Gasteiger partial charge in [-0.2, -0.15) is 0 Å². The Morgan fingerprint density at radius 3 is 3.00 bits per heavy atom. The van der Waals surface area contributed by atoms with Crippen LogP contribution >= 0.6 is 11.8 Å². The number of nitrogens with zero attached hydrogens (tertiary/aromatic N) is 3. The van der Waals surface area contributed by atoms with E-state index in [1.165, 1.54) is 11.8 Å². The zero-order valence-corrected chi connectivity index (χ0v) is 8.28. The van der Waals surface area contributed by atoms with Crippen LogP contribution in [-0.4, -0.2) is 27.5 Å². The van der Waals surface area contributed by atoms with Crippen LogP contribution < -0.4 is 0 Å². The Kier molecular flexibility index (Phi) is 2.41. The average molecular weight is 205 g/mol. The topological polar surface area (TPSA) is 55.7 Å². The second kappa shape index (κ2) is 3.71. The van der Waals surface area contributed by atoms with E-state index >= 15 is 0 Å². The normalized spacial score (nSPS) is 10.4. The zero-order valence-electron chi connectivity index (χ0n) is 7.47. The van der Waals surface area contributed by atoms with Crippen LogP contribution in [0.3, 0.4) is 0 Å². The lowest BCUT2D eigenvalue weighted by Crippen LogP contribution is -1.93. The van der Waals surface area contributed by atoms with Crippen molar-refractivity contribution in [3.63, 3.8) is 0 Å². The summed E-state index contributed by atoms with van der Waals surface area (Å²) in [5.41, 5.74) is 1.14. The van der Waals surface area contributed by atoms with Gasteiger partial charge in [0.25, 0.3) is 0 Å². The van der Waals surface area contributed by atoms with Crippen LogP contribution in [0.5, 0.6) is 0 Å². The van der Waals surface area contributed by atoms with Gasteiger partial charge in [-0.05, 0) is 12.3 Å². The van der Waals surface area contributed by atoms with Crippen molar-refractivity contribution in [2.45, 2.75) is 5.16 Å². The van der Waals surface area contributed by atoms with Gasteiger partial charge in [-0.15, -0.1) is 0 Å². The first-order valence-electron chi connectivity index (χ1n) is 3.96. The minimum Gasteiger partial charge on any atom is -0.296 e. The SMILES string of the molecule is CSc1ncc2c(C=O)nccc2n1. The van der Waals surface area contributed by atoms with Crippen LogP contribution in [0.2, 0.25) is 0 Å². The summed E-state index contributed by atoms with van der Waals surface area (Å²) in [5, 5.41) is 1.39. The molecule has 14 heavy (non-hydrogen) atoms. The second-order valence-corrected chi connectivity index (χ2v) is 3.38. The molecule has 2 aromatic heterocycles. The van der Waals surface area contributed by atoms with E-state index in [2.05, 4.69) is 15.0 Å². The van der Waals surface area contributed by atoms with Crippen molar-refractivity contribution in [2.24, 2.45) is 0 Å². The Morgan fingerprint density at radius 1 is 1.43 bits per heavy atom. The van der Waals surface area contributed by atoms with Gasteiger partial charge in [-0.1, -0.05) is 11.8 Å². The summed E-state index contributed by atoms with van der Waals surface area (Å²) in [5.74, 6) is 0. The highest BCUT2D eigenvalue weighted by atomic mass is 32.2. The van der Waals surface area contributed by atoms with E-state index in [0.717, 1.165) is 5.52 Å². The molecule has 0 N–H and O–H groups in total. The van der Waals surface area contributed by atoms with E-state index in [0.29, 0.717) is 22.5 Å². The Morgan fingerprint density at radius 2 is 2.29 bits per heavy atom. The van der Waals surface area contributed by atoms with Gasteiger partial charge in [0.2, 0.25) is 0 Å². The number of rotatable bonds is 2. The lowest BCUT2D eigenvalue weighted by molar-refractivity contribution is 0.112. The fraction of sp³-hybridized carbons (Fsp3) is 0.111. The predicted molar refractivity (Wildman–Crippen MR) is 54.5 cm³/mol. The fourth-order valence-corrected chi connectivity index (χ4v) is 1.50. The van der Waals surface area contributed by atoms with E-state index in [4.69, 9.17) is 0 Å². The first kappa shape index (κ1) is 9.08. The zero-order chi connectivity index (χ0) is 9.97. The van der Waals surface area contributed by atoms with Gasteiger partial charge in [0.15, 0.2) is 11.4 Å². The number of pyridine rings is 1. The molecule has 0 spiro atoms. The molecule has 2 heterocycles. The molecule has 0 aliphatic carbocycles. The highest BCUT2D eigenvalue weighted by Crippen LogP contribution is 2.15. The van der Waals surface area contributed by atoms with E-state index in [1.54, 1.807) is 18.5 Å². The number of carbonyl (C=O) groups is 1. The summed E-state index contributed by atoms with van der Waals surface area (Å²) < 4.78 is 0. The van der Waals surface area contributed by atoms with Crippen molar-refractivity contribution >= 4 is 29.0 Å². The number of aldehydes is 1. The Labute approximate surface area is 84.8 Å². The third kappa shape index (κ3) is 1.46. The van der Waals surface area contributed by atoms with Crippen LogP contribution in [-0.2, 0) is 0 Å². The molecule has 2 aromatic rings. The minimum atomic E-state index is 0.384. The molecule has 0 saturated heterocycles. The smallest absolute Gasteiger partial charge is 0.187 e. The van der Waals surface area contributed by atoms with Crippen LogP contribution in [0, 0.1) is 0 Å². The quantitative estimate of drug-likeness (QED) is 0.423. The van der Waals surface area contributed by atoms with Gasteiger partial charge in [0.05, 0.1) is 5.52 Å². The molecule has 0 aromatic carbocycles. The molecule has 0 radical (unpaired) electrons. The molecule has 0 saturated carbocycles. The highest BCUT2D eigenvalue weighted by Gasteiger charge is 2.03. The van der Waals surface area contributed by atoms with Gasteiger partial charge in [0, 0.05) is 17.8 Å². The number of carbonyl (C=O) groups excluding carboxylic acids is 1. The number of aromatic nitrogens is 3. The number of fused-ring (bicyclic) bond motifs is 1. The van der Waals surface area contributed by atoms with Gasteiger partial charge >= 0.3 is 0 Å². The van der Waals surface area contributed by atoms with Gasteiger partial charge in [-0.3, -0.25) is 9.78 Å². The Balaban J connectivity index is 2.73. The maximum absolute atomic E-state index is 10.7. The van der Waals surface area contributed by atoms with E-state index < -0.39 is 0 Å². The molecule has 0 fully saturated rings. The molecule has 2 rings (SSSR count). The largest absolute Gasteiger partial charge is 0.296 e.